The highest BCUT2D eigenvalue weighted by Crippen LogP contribution is 2.19. The Kier molecular flexibility index (Phi) is 5.18. The Morgan fingerprint density at radius 3 is 2.95 bits per heavy atom. The maximum absolute atomic E-state index is 12.3. The first-order valence-electron chi connectivity index (χ1n) is 7.59. The predicted molar refractivity (Wildman–Crippen MR) is 82.5 cm³/mol. The smallest absolute Gasteiger partial charge is 0.224 e. The summed E-state index contributed by atoms with van der Waals surface area (Å²) in [5.41, 5.74) is 2.44. The summed E-state index contributed by atoms with van der Waals surface area (Å²) >= 11 is 0. The van der Waals surface area contributed by atoms with Crippen LogP contribution in [0.15, 0.2) is 24.3 Å². The van der Waals surface area contributed by atoms with Gasteiger partial charge in [-0.3, -0.25) is 4.79 Å². The van der Waals surface area contributed by atoms with Gasteiger partial charge in [-0.1, -0.05) is 36.8 Å². The van der Waals surface area contributed by atoms with Gasteiger partial charge >= 0.3 is 0 Å². The molecule has 0 spiro atoms. The van der Waals surface area contributed by atoms with Crippen molar-refractivity contribution in [1.82, 2.24) is 10.2 Å². The minimum absolute atomic E-state index is 0.234. The Balaban J connectivity index is 1.88. The number of piperidine rings is 1. The maximum atomic E-state index is 12.3. The number of nitrogens with one attached hydrogen (secondary N) is 1. The zero-order valence-corrected chi connectivity index (χ0v) is 12.9. The molecule has 0 radical (unpaired) electrons. The molecule has 1 aromatic rings. The van der Waals surface area contributed by atoms with Crippen LogP contribution in [0.4, 0.5) is 0 Å². The number of carbonyl (C=O) groups excluding carboxylic acids is 1. The molecule has 0 aliphatic carbocycles. The minimum Gasteiger partial charge on any atom is -0.341 e. The Morgan fingerprint density at radius 1 is 1.45 bits per heavy atom. The van der Waals surface area contributed by atoms with Crippen LogP contribution < -0.4 is 5.32 Å². The quantitative estimate of drug-likeness (QED) is 0.915. The summed E-state index contributed by atoms with van der Waals surface area (Å²) in [5.74, 6) is 0.831. The molecule has 0 aromatic heterocycles. The molecule has 1 amide bonds. The number of benzene rings is 1. The summed E-state index contributed by atoms with van der Waals surface area (Å²) in [7, 11) is 1.90. The van der Waals surface area contributed by atoms with E-state index < -0.39 is 0 Å². The van der Waals surface area contributed by atoms with Gasteiger partial charge in [-0.2, -0.15) is 0 Å². The summed E-state index contributed by atoms with van der Waals surface area (Å²) in [4.78, 5) is 14.2. The molecule has 2 unspecified atom stereocenters. The highest BCUT2D eigenvalue weighted by molar-refractivity contribution is 5.76. The molecule has 1 saturated heterocycles. The van der Waals surface area contributed by atoms with E-state index in [9.17, 15) is 4.79 Å². The molecular weight excluding hydrogens is 248 g/mol. The van der Waals surface area contributed by atoms with Crippen molar-refractivity contribution in [3.63, 3.8) is 0 Å². The lowest BCUT2D eigenvalue weighted by molar-refractivity contribution is -0.131. The van der Waals surface area contributed by atoms with Gasteiger partial charge in [0.15, 0.2) is 0 Å². The number of carbonyl (C=O) groups is 1. The molecule has 0 saturated carbocycles. The molecule has 1 aliphatic rings. The highest BCUT2D eigenvalue weighted by atomic mass is 16.2. The van der Waals surface area contributed by atoms with E-state index in [1.54, 1.807) is 0 Å². The third-order valence-corrected chi connectivity index (χ3v) is 4.25. The molecule has 2 atom stereocenters. The van der Waals surface area contributed by atoms with E-state index >= 15 is 0 Å². The molecule has 1 aliphatic heterocycles. The average Bonchev–Trinajstić information content (AvgIpc) is 2.41. The Hall–Kier alpha value is -1.35. The van der Waals surface area contributed by atoms with E-state index in [0.29, 0.717) is 24.9 Å². The Bertz CT molecular complexity index is 458. The lowest BCUT2D eigenvalue weighted by atomic mass is 9.90. The number of amides is 1. The van der Waals surface area contributed by atoms with Crippen LogP contribution in [0, 0.1) is 12.8 Å². The van der Waals surface area contributed by atoms with Crippen LogP contribution >= 0.6 is 0 Å². The van der Waals surface area contributed by atoms with E-state index in [1.807, 2.05) is 18.0 Å². The standard InChI is InChI=1S/C17H26N2O/c1-13-6-4-8-15(10-13)12-19(3)17(20)11-16-14(2)7-5-9-18-16/h4,6,8,10,14,16,18H,5,7,9,11-12H2,1-3H3. The van der Waals surface area contributed by atoms with Crippen molar-refractivity contribution in [3.05, 3.63) is 35.4 Å². The fourth-order valence-corrected chi connectivity index (χ4v) is 2.90. The second kappa shape index (κ2) is 6.89. The maximum Gasteiger partial charge on any atom is 0.224 e. The third kappa shape index (κ3) is 4.07. The van der Waals surface area contributed by atoms with Gasteiger partial charge in [-0.05, 0) is 37.8 Å². The van der Waals surface area contributed by atoms with E-state index in [0.717, 1.165) is 6.54 Å². The van der Waals surface area contributed by atoms with Crippen molar-refractivity contribution in [2.24, 2.45) is 5.92 Å². The van der Waals surface area contributed by atoms with E-state index in [2.05, 4.69) is 37.4 Å². The van der Waals surface area contributed by atoms with E-state index in [-0.39, 0.29) is 5.91 Å². The second-order valence-corrected chi connectivity index (χ2v) is 6.12. The van der Waals surface area contributed by atoms with Crippen molar-refractivity contribution in [3.8, 4) is 0 Å². The van der Waals surface area contributed by atoms with Crippen LogP contribution in [0.1, 0.15) is 37.3 Å². The van der Waals surface area contributed by atoms with Gasteiger partial charge in [0.25, 0.3) is 0 Å². The van der Waals surface area contributed by atoms with Gasteiger partial charge in [0.05, 0.1) is 0 Å². The van der Waals surface area contributed by atoms with Crippen LogP contribution in [-0.2, 0) is 11.3 Å². The van der Waals surface area contributed by atoms with Gasteiger partial charge in [-0.25, -0.2) is 0 Å². The fraction of sp³-hybridized carbons (Fsp3) is 0.588. The zero-order chi connectivity index (χ0) is 14.5. The normalized spacial score (nSPS) is 22.6. The molecule has 2 rings (SSSR count). The van der Waals surface area contributed by atoms with Crippen molar-refractivity contribution in [1.29, 1.82) is 0 Å². The van der Waals surface area contributed by atoms with Crippen LogP contribution in [0.25, 0.3) is 0 Å². The molecule has 20 heavy (non-hydrogen) atoms. The topological polar surface area (TPSA) is 32.3 Å². The highest BCUT2D eigenvalue weighted by Gasteiger charge is 2.24. The van der Waals surface area contributed by atoms with Crippen LogP contribution in [-0.4, -0.2) is 30.4 Å². The summed E-state index contributed by atoms with van der Waals surface area (Å²) in [6.45, 7) is 6.06. The first-order chi connectivity index (χ1) is 9.56. The lowest BCUT2D eigenvalue weighted by Crippen LogP contribution is -2.43. The number of hydrogen-bond donors (Lipinski definition) is 1. The molecule has 1 aromatic carbocycles. The average molecular weight is 274 g/mol. The van der Waals surface area contributed by atoms with E-state index in [4.69, 9.17) is 0 Å². The minimum atomic E-state index is 0.234. The Labute approximate surface area is 122 Å². The SMILES string of the molecule is Cc1cccc(CN(C)C(=O)CC2NCCCC2C)c1. The van der Waals surface area contributed by atoms with Gasteiger partial charge in [0.1, 0.15) is 0 Å². The first-order valence-corrected chi connectivity index (χ1v) is 7.59. The van der Waals surface area contributed by atoms with Crippen molar-refractivity contribution in [2.75, 3.05) is 13.6 Å². The van der Waals surface area contributed by atoms with Gasteiger partial charge in [-0.15, -0.1) is 0 Å². The summed E-state index contributed by atoms with van der Waals surface area (Å²) in [6.07, 6.45) is 3.07. The predicted octanol–water partition coefficient (Wildman–Crippen LogP) is 2.73. The van der Waals surface area contributed by atoms with E-state index in [1.165, 1.54) is 24.0 Å². The molecule has 110 valence electrons. The molecule has 3 heteroatoms. The van der Waals surface area contributed by atoms with Gasteiger partial charge < -0.3 is 10.2 Å². The summed E-state index contributed by atoms with van der Waals surface area (Å²) < 4.78 is 0. The zero-order valence-electron chi connectivity index (χ0n) is 12.9. The van der Waals surface area contributed by atoms with Gasteiger partial charge in [0.2, 0.25) is 5.91 Å². The molecule has 1 fully saturated rings. The van der Waals surface area contributed by atoms with Crippen LogP contribution in [0.5, 0.6) is 0 Å². The van der Waals surface area contributed by atoms with Crippen LogP contribution in [0.2, 0.25) is 0 Å². The van der Waals surface area contributed by atoms with Crippen molar-refractivity contribution in [2.45, 2.75) is 45.7 Å². The third-order valence-electron chi connectivity index (χ3n) is 4.25. The number of aryl methyl sites for hydroxylation is 1. The second-order valence-electron chi connectivity index (χ2n) is 6.12. The lowest BCUT2D eigenvalue weighted by Gasteiger charge is -2.31. The fourth-order valence-electron chi connectivity index (χ4n) is 2.90. The van der Waals surface area contributed by atoms with Gasteiger partial charge in [0, 0.05) is 26.1 Å². The molecule has 1 N–H and O–H groups in total. The first kappa shape index (κ1) is 15.0. The number of rotatable bonds is 4. The molecule has 1 heterocycles. The molecule has 3 nitrogen and oxygen atoms in total. The monoisotopic (exact) mass is 274 g/mol. The number of hydrogen-bond acceptors (Lipinski definition) is 2. The largest absolute Gasteiger partial charge is 0.341 e. The number of nitrogens with zero attached hydrogens (tertiary/aromatic N) is 1. The molecular formula is C17H26N2O. The Morgan fingerprint density at radius 2 is 2.25 bits per heavy atom. The summed E-state index contributed by atoms with van der Waals surface area (Å²) in [5, 5.41) is 3.48. The van der Waals surface area contributed by atoms with Crippen LogP contribution in [0.3, 0.4) is 0 Å². The van der Waals surface area contributed by atoms with Crippen molar-refractivity contribution >= 4 is 5.91 Å². The molecule has 0 bridgehead atoms. The van der Waals surface area contributed by atoms with Crippen molar-refractivity contribution < 1.29 is 4.79 Å². The summed E-state index contributed by atoms with van der Waals surface area (Å²) in [6, 6.07) is 8.70.